The first-order chi connectivity index (χ1) is 12.3. The Morgan fingerprint density at radius 3 is 2.42 bits per heavy atom. The van der Waals surface area contributed by atoms with E-state index in [2.05, 4.69) is 5.32 Å². The number of halogens is 2. The van der Waals surface area contributed by atoms with Gasteiger partial charge in [0.2, 0.25) is 5.91 Å². The van der Waals surface area contributed by atoms with Gasteiger partial charge in [-0.2, -0.15) is 0 Å². The molecule has 9 heteroatoms. The molecule has 0 spiro atoms. The number of phenols is 1. The number of carboxylic acids is 1. The summed E-state index contributed by atoms with van der Waals surface area (Å²) in [4.78, 5) is 37.0. The second kappa shape index (κ2) is 6.86. The summed E-state index contributed by atoms with van der Waals surface area (Å²) < 4.78 is 0. The van der Waals surface area contributed by atoms with Crippen molar-refractivity contribution in [2.45, 2.75) is 12.5 Å². The van der Waals surface area contributed by atoms with Gasteiger partial charge in [0.1, 0.15) is 17.4 Å². The number of aromatic carboxylic acids is 1. The quantitative estimate of drug-likeness (QED) is 0.687. The largest absolute Gasteiger partial charge is 0.507 e. The first kappa shape index (κ1) is 18.0. The Morgan fingerprint density at radius 2 is 1.81 bits per heavy atom. The summed E-state index contributed by atoms with van der Waals surface area (Å²) in [6, 6.07) is 7.41. The maximum atomic E-state index is 12.7. The minimum absolute atomic E-state index is 0.0600. The molecule has 1 unspecified atom stereocenters. The van der Waals surface area contributed by atoms with E-state index in [1.54, 1.807) is 18.2 Å². The van der Waals surface area contributed by atoms with Crippen LogP contribution in [0.25, 0.3) is 0 Å². The number of para-hydroxylation sites is 1. The number of carbonyl (C=O) groups excluding carboxylic acids is 2. The van der Waals surface area contributed by atoms with Gasteiger partial charge in [-0.1, -0.05) is 29.3 Å². The Balaban J connectivity index is 1.90. The average Bonchev–Trinajstić information content (AvgIpc) is 2.85. The molecule has 134 valence electrons. The average molecular weight is 395 g/mol. The van der Waals surface area contributed by atoms with Crippen molar-refractivity contribution in [3.63, 3.8) is 0 Å². The Bertz CT molecular complexity index is 911. The molecule has 3 N–H and O–H groups in total. The first-order valence-corrected chi connectivity index (χ1v) is 8.19. The number of rotatable bonds is 4. The number of imide groups is 1. The van der Waals surface area contributed by atoms with Crippen molar-refractivity contribution in [2.75, 3.05) is 10.2 Å². The Morgan fingerprint density at radius 1 is 1.15 bits per heavy atom. The molecule has 1 aliphatic rings. The van der Waals surface area contributed by atoms with Gasteiger partial charge in [-0.3, -0.25) is 9.59 Å². The van der Waals surface area contributed by atoms with E-state index in [9.17, 15) is 19.5 Å². The minimum atomic E-state index is -1.37. The van der Waals surface area contributed by atoms with Gasteiger partial charge in [0, 0.05) is 0 Å². The molecule has 1 aliphatic heterocycles. The molecule has 2 aromatic carbocycles. The highest BCUT2D eigenvalue weighted by Gasteiger charge is 2.40. The number of carbonyl (C=O) groups is 3. The molecule has 1 atom stereocenters. The summed E-state index contributed by atoms with van der Waals surface area (Å²) in [5.41, 5.74) is -0.0147. The number of benzene rings is 2. The van der Waals surface area contributed by atoms with E-state index in [1.807, 2.05) is 0 Å². The fraction of sp³-hybridized carbons (Fsp3) is 0.118. The standard InChI is InChI=1S/C17H12Cl2N2O5/c18-10-2-1-3-11(19)15(10)20-12-7-14(23)21(16(12)24)8-4-5-13(22)9(6-8)17(25)26/h1-6,12,20,22H,7H2,(H,25,26). The first-order valence-electron chi connectivity index (χ1n) is 7.43. The van der Waals surface area contributed by atoms with Gasteiger partial charge in [-0.15, -0.1) is 0 Å². The van der Waals surface area contributed by atoms with Crippen LogP contribution in [0, 0.1) is 0 Å². The van der Waals surface area contributed by atoms with E-state index in [0.717, 1.165) is 17.0 Å². The summed E-state index contributed by atoms with van der Waals surface area (Å²) >= 11 is 12.1. The molecule has 0 saturated carbocycles. The Labute approximate surface area is 157 Å². The molecule has 3 rings (SSSR count). The van der Waals surface area contributed by atoms with Crippen molar-refractivity contribution in [2.24, 2.45) is 0 Å². The van der Waals surface area contributed by atoms with Crippen molar-refractivity contribution in [1.82, 2.24) is 0 Å². The number of aromatic hydroxyl groups is 1. The molecule has 7 nitrogen and oxygen atoms in total. The van der Waals surface area contributed by atoms with Gasteiger partial charge in [-0.05, 0) is 30.3 Å². The molecule has 0 radical (unpaired) electrons. The molecule has 0 aromatic heterocycles. The molecular formula is C17H12Cl2N2O5. The maximum absolute atomic E-state index is 12.7. The van der Waals surface area contributed by atoms with E-state index in [1.165, 1.54) is 6.07 Å². The highest BCUT2D eigenvalue weighted by molar-refractivity contribution is 6.39. The molecule has 1 fully saturated rings. The Kier molecular flexibility index (Phi) is 4.76. The van der Waals surface area contributed by atoms with Crippen LogP contribution in [-0.4, -0.2) is 34.0 Å². The van der Waals surface area contributed by atoms with Crippen LogP contribution in [0.2, 0.25) is 10.0 Å². The number of hydrogen-bond acceptors (Lipinski definition) is 5. The fourth-order valence-electron chi connectivity index (χ4n) is 2.66. The summed E-state index contributed by atoms with van der Waals surface area (Å²) in [7, 11) is 0. The van der Waals surface area contributed by atoms with Gasteiger partial charge in [0.15, 0.2) is 0 Å². The lowest BCUT2D eigenvalue weighted by Crippen LogP contribution is -2.35. The van der Waals surface area contributed by atoms with Crippen LogP contribution < -0.4 is 10.2 Å². The minimum Gasteiger partial charge on any atom is -0.507 e. The number of amides is 2. The van der Waals surface area contributed by atoms with Gasteiger partial charge < -0.3 is 15.5 Å². The normalized spacial score (nSPS) is 16.8. The van der Waals surface area contributed by atoms with E-state index < -0.39 is 35.1 Å². The summed E-state index contributed by atoms with van der Waals surface area (Å²) in [6.45, 7) is 0. The zero-order valence-electron chi connectivity index (χ0n) is 13.1. The fourth-order valence-corrected chi connectivity index (χ4v) is 3.17. The zero-order valence-corrected chi connectivity index (χ0v) is 14.6. The summed E-state index contributed by atoms with van der Waals surface area (Å²) in [5.74, 6) is -2.93. The van der Waals surface area contributed by atoms with Crippen LogP contribution in [0.1, 0.15) is 16.8 Å². The smallest absolute Gasteiger partial charge is 0.339 e. The van der Waals surface area contributed by atoms with E-state index in [0.29, 0.717) is 15.7 Å². The lowest BCUT2D eigenvalue weighted by Gasteiger charge is -2.18. The third kappa shape index (κ3) is 3.18. The summed E-state index contributed by atoms with van der Waals surface area (Å²) in [6.07, 6.45) is -0.149. The molecule has 1 heterocycles. The van der Waals surface area contributed by atoms with E-state index >= 15 is 0 Å². The van der Waals surface area contributed by atoms with Crippen molar-refractivity contribution in [3.8, 4) is 5.75 Å². The topological polar surface area (TPSA) is 107 Å². The lowest BCUT2D eigenvalue weighted by atomic mass is 10.1. The second-order valence-corrected chi connectivity index (χ2v) is 6.39. The predicted molar refractivity (Wildman–Crippen MR) is 96.0 cm³/mol. The highest BCUT2D eigenvalue weighted by Crippen LogP contribution is 2.33. The maximum Gasteiger partial charge on any atom is 0.339 e. The third-order valence-corrected chi connectivity index (χ3v) is 4.53. The molecule has 0 aliphatic carbocycles. The van der Waals surface area contributed by atoms with E-state index in [4.69, 9.17) is 28.3 Å². The van der Waals surface area contributed by atoms with Gasteiger partial charge in [0.05, 0.1) is 27.8 Å². The second-order valence-electron chi connectivity index (χ2n) is 5.57. The predicted octanol–water partition coefficient (Wildman–Crippen LogP) is 3.14. The zero-order chi connectivity index (χ0) is 19.0. The van der Waals surface area contributed by atoms with Crippen LogP contribution in [-0.2, 0) is 9.59 Å². The third-order valence-electron chi connectivity index (χ3n) is 3.90. The van der Waals surface area contributed by atoms with Gasteiger partial charge in [-0.25, -0.2) is 9.69 Å². The molecule has 1 saturated heterocycles. The highest BCUT2D eigenvalue weighted by atomic mass is 35.5. The lowest BCUT2D eigenvalue weighted by molar-refractivity contribution is -0.121. The van der Waals surface area contributed by atoms with Gasteiger partial charge in [0.25, 0.3) is 5.91 Å². The van der Waals surface area contributed by atoms with Crippen LogP contribution in [0.3, 0.4) is 0 Å². The number of nitrogens with one attached hydrogen (secondary N) is 1. The monoisotopic (exact) mass is 394 g/mol. The van der Waals surface area contributed by atoms with Crippen molar-refractivity contribution in [1.29, 1.82) is 0 Å². The van der Waals surface area contributed by atoms with Crippen LogP contribution >= 0.6 is 23.2 Å². The summed E-state index contributed by atoms with van der Waals surface area (Å²) in [5, 5.41) is 22.1. The van der Waals surface area contributed by atoms with Crippen LogP contribution in [0.5, 0.6) is 5.75 Å². The number of hydrogen-bond donors (Lipinski definition) is 3. The Hall–Kier alpha value is -2.77. The van der Waals surface area contributed by atoms with Gasteiger partial charge >= 0.3 is 5.97 Å². The number of nitrogens with zero attached hydrogens (tertiary/aromatic N) is 1. The van der Waals surface area contributed by atoms with Crippen molar-refractivity contribution in [3.05, 3.63) is 52.0 Å². The number of anilines is 2. The molecule has 0 bridgehead atoms. The van der Waals surface area contributed by atoms with Crippen molar-refractivity contribution < 1.29 is 24.6 Å². The molecule has 2 aromatic rings. The van der Waals surface area contributed by atoms with E-state index in [-0.39, 0.29) is 12.1 Å². The van der Waals surface area contributed by atoms with Crippen molar-refractivity contribution >= 4 is 52.4 Å². The SMILES string of the molecule is O=C(O)c1cc(N2C(=O)CC(Nc3c(Cl)cccc3Cl)C2=O)ccc1O. The number of carboxylic acid groups (broad SMARTS) is 1. The van der Waals surface area contributed by atoms with Crippen LogP contribution in [0.4, 0.5) is 11.4 Å². The molecule has 2 amide bonds. The van der Waals surface area contributed by atoms with Crippen LogP contribution in [0.15, 0.2) is 36.4 Å². The molecule has 26 heavy (non-hydrogen) atoms. The molecular weight excluding hydrogens is 383 g/mol.